The van der Waals surface area contributed by atoms with Crippen LogP contribution in [0.3, 0.4) is 0 Å². The molecule has 2 aliphatic rings. The molecule has 1 aromatic rings. The molecular formula is C12H17N3O3. The predicted molar refractivity (Wildman–Crippen MR) is 61.6 cm³/mol. The van der Waals surface area contributed by atoms with Crippen molar-refractivity contribution >= 4 is 5.91 Å². The number of hydrogen-bond acceptors (Lipinski definition) is 5. The standard InChI is InChI=1S/C12H17N3O3/c1-17-12(6-2-3-7-12)11-14-10(18-15-11)8-4-5-9(16)13-8/h8H,2-7H2,1H3,(H,13,16)/t8-/m1/s1. The molecule has 6 heteroatoms. The first-order valence-corrected chi connectivity index (χ1v) is 6.42. The van der Waals surface area contributed by atoms with Crippen molar-refractivity contribution in [2.45, 2.75) is 50.2 Å². The van der Waals surface area contributed by atoms with Crippen LogP contribution < -0.4 is 5.32 Å². The summed E-state index contributed by atoms with van der Waals surface area (Å²) in [5.41, 5.74) is -0.385. The number of carbonyl (C=O) groups is 1. The van der Waals surface area contributed by atoms with Gasteiger partial charge >= 0.3 is 0 Å². The Morgan fingerprint density at radius 3 is 2.83 bits per heavy atom. The van der Waals surface area contributed by atoms with Crippen LogP contribution in [-0.4, -0.2) is 23.2 Å². The highest BCUT2D eigenvalue weighted by Gasteiger charge is 2.41. The number of methoxy groups -OCH3 is 1. The molecule has 1 amide bonds. The minimum absolute atomic E-state index is 0.0436. The average molecular weight is 251 g/mol. The van der Waals surface area contributed by atoms with Gasteiger partial charge < -0.3 is 14.6 Å². The van der Waals surface area contributed by atoms with Crippen molar-refractivity contribution in [3.05, 3.63) is 11.7 Å². The van der Waals surface area contributed by atoms with Gasteiger partial charge in [-0.15, -0.1) is 0 Å². The van der Waals surface area contributed by atoms with Crippen molar-refractivity contribution in [2.24, 2.45) is 0 Å². The fourth-order valence-electron chi connectivity index (χ4n) is 2.83. The summed E-state index contributed by atoms with van der Waals surface area (Å²) in [5.74, 6) is 1.17. The fraction of sp³-hybridized carbons (Fsp3) is 0.750. The van der Waals surface area contributed by atoms with Crippen LogP contribution in [0.5, 0.6) is 0 Å². The van der Waals surface area contributed by atoms with E-state index >= 15 is 0 Å². The number of ether oxygens (including phenoxy) is 1. The Bertz CT molecular complexity index is 451. The molecule has 1 atom stereocenters. The average Bonchev–Trinajstić information content (AvgIpc) is 3.08. The molecule has 6 nitrogen and oxygen atoms in total. The summed E-state index contributed by atoms with van der Waals surface area (Å²) < 4.78 is 10.9. The molecule has 1 N–H and O–H groups in total. The first-order valence-electron chi connectivity index (χ1n) is 6.42. The molecule has 0 radical (unpaired) electrons. The van der Waals surface area contributed by atoms with E-state index in [1.54, 1.807) is 7.11 Å². The molecule has 1 aromatic heterocycles. The number of aromatic nitrogens is 2. The van der Waals surface area contributed by atoms with E-state index < -0.39 is 0 Å². The Labute approximate surface area is 105 Å². The summed E-state index contributed by atoms with van der Waals surface area (Å²) in [7, 11) is 1.69. The summed E-state index contributed by atoms with van der Waals surface area (Å²) in [4.78, 5) is 15.6. The Balaban J connectivity index is 1.82. The lowest BCUT2D eigenvalue weighted by Gasteiger charge is -2.22. The third kappa shape index (κ3) is 1.80. The summed E-state index contributed by atoms with van der Waals surface area (Å²) in [6, 6.07) is -0.131. The molecule has 1 saturated carbocycles. The minimum Gasteiger partial charge on any atom is -0.370 e. The van der Waals surface area contributed by atoms with Gasteiger partial charge in [-0.3, -0.25) is 4.79 Å². The molecule has 98 valence electrons. The first-order chi connectivity index (χ1) is 8.73. The number of nitrogens with zero attached hydrogens (tertiary/aromatic N) is 2. The molecule has 0 bridgehead atoms. The van der Waals surface area contributed by atoms with Crippen LogP contribution in [0.4, 0.5) is 0 Å². The third-order valence-electron chi connectivity index (χ3n) is 3.94. The lowest BCUT2D eigenvalue weighted by Crippen LogP contribution is -2.26. The van der Waals surface area contributed by atoms with Crippen molar-refractivity contribution in [3.63, 3.8) is 0 Å². The van der Waals surface area contributed by atoms with E-state index in [9.17, 15) is 4.79 Å². The van der Waals surface area contributed by atoms with E-state index in [-0.39, 0.29) is 17.6 Å². The monoisotopic (exact) mass is 251 g/mol. The second-order valence-electron chi connectivity index (χ2n) is 5.02. The van der Waals surface area contributed by atoms with Crippen LogP contribution in [0.15, 0.2) is 4.52 Å². The zero-order valence-electron chi connectivity index (χ0n) is 10.4. The van der Waals surface area contributed by atoms with Gasteiger partial charge in [0, 0.05) is 13.5 Å². The second kappa shape index (κ2) is 4.35. The van der Waals surface area contributed by atoms with Crippen LogP contribution in [0.25, 0.3) is 0 Å². The summed E-state index contributed by atoms with van der Waals surface area (Å²) >= 11 is 0. The Hall–Kier alpha value is -1.43. The number of hydrogen-bond donors (Lipinski definition) is 1. The van der Waals surface area contributed by atoms with E-state index in [1.165, 1.54) is 0 Å². The van der Waals surface area contributed by atoms with Gasteiger partial charge in [0.15, 0.2) is 0 Å². The van der Waals surface area contributed by atoms with Crippen molar-refractivity contribution < 1.29 is 14.1 Å². The quantitative estimate of drug-likeness (QED) is 0.879. The van der Waals surface area contributed by atoms with Crippen LogP contribution in [0.2, 0.25) is 0 Å². The second-order valence-corrected chi connectivity index (χ2v) is 5.02. The van der Waals surface area contributed by atoms with Crippen LogP contribution in [0.1, 0.15) is 56.3 Å². The minimum atomic E-state index is -0.385. The van der Waals surface area contributed by atoms with Gasteiger partial charge in [-0.25, -0.2) is 0 Å². The van der Waals surface area contributed by atoms with Gasteiger partial charge in [-0.05, 0) is 32.1 Å². The van der Waals surface area contributed by atoms with Crippen molar-refractivity contribution in [2.75, 3.05) is 7.11 Å². The lowest BCUT2D eigenvalue weighted by atomic mass is 10.0. The van der Waals surface area contributed by atoms with Crippen molar-refractivity contribution in [1.82, 2.24) is 15.5 Å². The predicted octanol–water partition coefficient (Wildman–Crippen LogP) is 1.44. The molecule has 1 aliphatic heterocycles. The number of amides is 1. The maximum absolute atomic E-state index is 11.2. The maximum Gasteiger partial charge on any atom is 0.249 e. The molecule has 1 aliphatic carbocycles. The zero-order valence-corrected chi connectivity index (χ0v) is 10.4. The topological polar surface area (TPSA) is 77.2 Å². The maximum atomic E-state index is 11.2. The zero-order chi connectivity index (χ0) is 12.6. The SMILES string of the molecule is COC1(c2noc([C@H]3CCC(=O)N3)n2)CCCC1. The molecule has 2 heterocycles. The highest BCUT2D eigenvalue weighted by atomic mass is 16.5. The van der Waals surface area contributed by atoms with Crippen LogP contribution in [-0.2, 0) is 15.1 Å². The number of carbonyl (C=O) groups excluding carboxylic acids is 1. The smallest absolute Gasteiger partial charge is 0.249 e. The Kier molecular flexibility index (Phi) is 2.81. The van der Waals surface area contributed by atoms with Crippen molar-refractivity contribution in [1.29, 1.82) is 0 Å². The lowest BCUT2D eigenvalue weighted by molar-refractivity contribution is -0.119. The fourth-order valence-corrected chi connectivity index (χ4v) is 2.83. The van der Waals surface area contributed by atoms with Gasteiger partial charge in [0.05, 0.1) is 0 Å². The molecule has 18 heavy (non-hydrogen) atoms. The van der Waals surface area contributed by atoms with E-state index in [2.05, 4.69) is 15.5 Å². The summed E-state index contributed by atoms with van der Waals surface area (Å²) in [5, 5.41) is 6.88. The Morgan fingerprint density at radius 2 is 2.22 bits per heavy atom. The molecular weight excluding hydrogens is 234 g/mol. The van der Waals surface area contributed by atoms with Gasteiger partial charge in [-0.1, -0.05) is 5.16 Å². The van der Waals surface area contributed by atoms with E-state index in [0.29, 0.717) is 18.1 Å². The highest BCUT2D eigenvalue weighted by molar-refractivity contribution is 5.78. The normalized spacial score (nSPS) is 26.5. The highest BCUT2D eigenvalue weighted by Crippen LogP contribution is 2.40. The molecule has 3 rings (SSSR count). The van der Waals surface area contributed by atoms with Gasteiger partial charge in [0.25, 0.3) is 0 Å². The van der Waals surface area contributed by atoms with Crippen LogP contribution >= 0.6 is 0 Å². The van der Waals surface area contributed by atoms with E-state index in [1.807, 2.05) is 0 Å². The third-order valence-corrected chi connectivity index (χ3v) is 3.94. The first kappa shape index (κ1) is 11.6. The molecule has 1 saturated heterocycles. The molecule has 0 aromatic carbocycles. The largest absolute Gasteiger partial charge is 0.370 e. The number of rotatable bonds is 3. The molecule has 2 fully saturated rings. The Morgan fingerprint density at radius 1 is 1.44 bits per heavy atom. The van der Waals surface area contributed by atoms with Gasteiger partial charge in [-0.2, -0.15) is 4.98 Å². The summed E-state index contributed by atoms with van der Waals surface area (Å²) in [6.45, 7) is 0. The van der Waals surface area contributed by atoms with E-state index in [0.717, 1.165) is 32.1 Å². The van der Waals surface area contributed by atoms with Crippen molar-refractivity contribution in [3.8, 4) is 0 Å². The van der Waals surface area contributed by atoms with Crippen LogP contribution in [0, 0.1) is 0 Å². The summed E-state index contributed by atoms with van der Waals surface area (Å²) in [6.07, 6.45) is 5.35. The molecule has 0 spiro atoms. The van der Waals surface area contributed by atoms with E-state index in [4.69, 9.17) is 9.26 Å². The van der Waals surface area contributed by atoms with Gasteiger partial charge in [0.2, 0.25) is 17.6 Å². The number of nitrogens with one attached hydrogen (secondary N) is 1. The molecule has 0 unspecified atom stereocenters. The van der Waals surface area contributed by atoms with Gasteiger partial charge in [0.1, 0.15) is 11.6 Å².